The molecular formula is C12H16ClFN2O. The number of carbonyl (C=O) groups excluding carboxylic acids is 1. The van der Waals surface area contributed by atoms with Crippen molar-refractivity contribution >= 4 is 23.2 Å². The number of hydrogen-bond acceptors (Lipinski definition) is 2. The third-order valence-electron chi connectivity index (χ3n) is 2.57. The molecule has 1 unspecified atom stereocenters. The van der Waals surface area contributed by atoms with Crippen molar-refractivity contribution in [2.45, 2.75) is 13.3 Å². The van der Waals surface area contributed by atoms with Crippen molar-refractivity contribution in [1.82, 2.24) is 0 Å². The minimum atomic E-state index is -0.467. The van der Waals surface area contributed by atoms with Crippen molar-refractivity contribution in [3.8, 4) is 0 Å². The zero-order chi connectivity index (χ0) is 13.0. The fourth-order valence-corrected chi connectivity index (χ4v) is 1.56. The SMILES string of the molecule is CC(CN)CC(=O)N(C)c1cc(Cl)ccc1F. The largest absolute Gasteiger partial charge is 0.330 e. The highest BCUT2D eigenvalue weighted by atomic mass is 35.5. The summed E-state index contributed by atoms with van der Waals surface area (Å²) < 4.78 is 13.5. The number of anilines is 1. The van der Waals surface area contributed by atoms with Crippen molar-refractivity contribution in [3.05, 3.63) is 29.0 Å². The minimum absolute atomic E-state index is 0.0761. The van der Waals surface area contributed by atoms with Crippen molar-refractivity contribution in [2.24, 2.45) is 11.7 Å². The molecule has 0 spiro atoms. The van der Waals surface area contributed by atoms with E-state index in [4.69, 9.17) is 17.3 Å². The second-order valence-electron chi connectivity index (χ2n) is 4.09. The number of halogens is 2. The number of amides is 1. The summed E-state index contributed by atoms with van der Waals surface area (Å²) in [6.45, 7) is 2.30. The van der Waals surface area contributed by atoms with E-state index < -0.39 is 5.82 Å². The van der Waals surface area contributed by atoms with Crippen LogP contribution in [0.15, 0.2) is 18.2 Å². The standard InChI is InChI=1S/C12H16ClFN2O/c1-8(7-15)5-12(17)16(2)11-6-9(13)3-4-10(11)14/h3-4,6,8H,5,7,15H2,1-2H3. The molecule has 0 aliphatic carbocycles. The van der Waals surface area contributed by atoms with Gasteiger partial charge in [0.25, 0.3) is 0 Å². The Morgan fingerprint density at radius 2 is 2.24 bits per heavy atom. The molecule has 0 bridgehead atoms. The first-order chi connectivity index (χ1) is 7.95. The maximum absolute atomic E-state index is 13.5. The van der Waals surface area contributed by atoms with Gasteiger partial charge in [-0.2, -0.15) is 0 Å². The van der Waals surface area contributed by atoms with Gasteiger partial charge in [-0.05, 0) is 30.7 Å². The third kappa shape index (κ3) is 3.68. The topological polar surface area (TPSA) is 46.3 Å². The first kappa shape index (κ1) is 13.9. The van der Waals surface area contributed by atoms with E-state index >= 15 is 0 Å². The molecule has 0 saturated carbocycles. The van der Waals surface area contributed by atoms with Crippen LogP contribution in [0.1, 0.15) is 13.3 Å². The van der Waals surface area contributed by atoms with Crippen LogP contribution >= 0.6 is 11.6 Å². The highest BCUT2D eigenvalue weighted by molar-refractivity contribution is 6.30. The molecule has 1 atom stereocenters. The maximum Gasteiger partial charge on any atom is 0.227 e. The zero-order valence-electron chi connectivity index (χ0n) is 9.91. The lowest BCUT2D eigenvalue weighted by Gasteiger charge is -2.20. The predicted octanol–water partition coefficient (Wildman–Crippen LogP) is 2.43. The molecule has 1 amide bonds. The minimum Gasteiger partial charge on any atom is -0.330 e. The van der Waals surface area contributed by atoms with Gasteiger partial charge in [0.2, 0.25) is 5.91 Å². The zero-order valence-corrected chi connectivity index (χ0v) is 10.7. The summed E-state index contributed by atoms with van der Waals surface area (Å²) in [6, 6.07) is 4.12. The van der Waals surface area contributed by atoms with E-state index in [0.29, 0.717) is 18.0 Å². The van der Waals surface area contributed by atoms with Crippen LogP contribution in [0.5, 0.6) is 0 Å². The van der Waals surface area contributed by atoms with E-state index in [1.165, 1.54) is 30.1 Å². The van der Waals surface area contributed by atoms with Gasteiger partial charge < -0.3 is 10.6 Å². The fourth-order valence-electron chi connectivity index (χ4n) is 1.40. The average molecular weight is 259 g/mol. The van der Waals surface area contributed by atoms with Crippen LogP contribution in [-0.2, 0) is 4.79 Å². The number of carbonyl (C=O) groups is 1. The Bertz CT molecular complexity index is 411. The summed E-state index contributed by atoms with van der Waals surface area (Å²) in [5.41, 5.74) is 5.63. The van der Waals surface area contributed by atoms with E-state index in [2.05, 4.69) is 0 Å². The molecule has 1 aromatic rings. The Morgan fingerprint density at radius 3 is 2.82 bits per heavy atom. The van der Waals surface area contributed by atoms with E-state index in [1.54, 1.807) is 0 Å². The summed E-state index contributed by atoms with van der Waals surface area (Å²) in [6.07, 6.45) is 0.291. The average Bonchev–Trinajstić information content (AvgIpc) is 2.31. The van der Waals surface area contributed by atoms with Gasteiger partial charge >= 0.3 is 0 Å². The maximum atomic E-state index is 13.5. The number of nitrogens with zero attached hydrogens (tertiary/aromatic N) is 1. The number of rotatable bonds is 4. The summed E-state index contributed by atoms with van der Waals surface area (Å²) in [5.74, 6) is -0.568. The summed E-state index contributed by atoms with van der Waals surface area (Å²) in [7, 11) is 1.53. The first-order valence-corrected chi connectivity index (χ1v) is 5.75. The lowest BCUT2D eigenvalue weighted by Crippen LogP contribution is -2.30. The van der Waals surface area contributed by atoms with Crippen LogP contribution in [0.4, 0.5) is 10.1 Å². The van der Waals surface area contributed by atoms with Gasteiger partial charge in [-0.3, -0.25) is 4.79 Å². The second-order valence-corrected chi connectivity index (χ2v) is 4.53. The fraction of sp³-hybridized carbons (Fsp3) is 0.417. The monoisotopic (exact) mass is 258 g/mol. The van der Waals surface area contributed by atoms with E-state index in [9.17, 15) is 9.18 Å². The second kappa shape index (κ2) is 5.98. The molecule has 0 aliphatic rings. The molecule has 0 fully saturated rings. The molecule has 17 heavy (non-hydrogen) atoms. The molecule has 1 aromatic carbocycles. The molecular weight excluding hydrogens is 243 g/mol. The van der Waals surface area contributed by atoms with E-state index in [-0.39, 0.29) is 17.5 Å². The van der Waals surface area contributed by atoms with Gasteiger partial charge in [-0.15, -0.1) is 0 Å². The molecule has 0 heterocycles. The quantitative estimate of drug-likeness (QED) is 0.902. The first-order valence-electron chi connectivity index (χ1n) is 5.37. The highest BCUT2D eigenvalue weighted by Gasteiger charge is 2.17. The van der Waals surface area contributed by atoms with Gasteiger partial charge in [0, 0.05) is 18.5 Å². The van der Waals surface area contributed by atoms with E-state index in [1.807, 2.05) is 6.92 Å². The molecule has 0 aliphatic heterocycles. The molecule has 5 heteroatoms. The summed E-state index contributed by atoms with van der Waals surface area (Å²) >= 11 is 5.77. The Labute approximate surface area is 105 Å². The Hall–Kier alpha value is -1.13. The molecule has 3 nitrogen and oxygen atoms in total. The Kier molecular flexibility index (Phi) is 4.90. The van der Waals surface area contributed by atoms with Crippen LogP contribution in [-0.4, -0.2) is 19.5 Å². The smallest absolute Gasteiger partial charge is 0.227 e. The number of hydrogen-bond donors (Lipinski definition) is 1. The molecule has 0 aromatic heterocycles. The van der Waals surface area contributed by atoms with Gasteiger partial charge in [0.15, 0.2) is 0 Å². The van der Waals surface area contributed by atoms with Crippen molar-refractivity contribution in [3.63, 3.8) is 0 Å². The molecule has 0 radical (unpaired) electrons. The molecule has 94 valence electrons. The lowest BCUT2D eigenvalue weighted by atomic mass is 10.1. The third-order valence-corrected chi connectivity index (χ3v) is 2.80. The predicted molar refractivity (Wildman–Crippen MR) is 67.7 cm³/mol. The van der Waals surface area contributed by atoms with E-state index in [0.717, 1.165) is 0 Å². The summed E-state index contributed by atoms with van der Waals surface area (Å²) in [5, 5.41) is 0.396. The highest BCUT2D eigenvalue weighted by Crippen LogP contribution is 2.23. The Morgan fingerprint density at radius 1 is 1.59 bits per heavy atom. The molecule has 1 rings (SSSR count). The summed E-state index contributed by atoms with van der Waals surface area (Å²) in [4.78, 5) is 13.1. The van der Waals surface area contributed by atoms with Gasteiger partial charge in [-0.25, -0.2) is 4.39 Å². The van der Waals surface area contributed by atoms with Crippen molar-refractivity contribution < 1.29 is 9.18 Å². The lowest BCUT2D eigenvalue weighted by molar-refractivity contribution is -0.119. The van der Waals surface area contributed by atoms with Crippen LogP contribution in [0, 0.1) is 11.7 Å². The molecule has 2 N–H and O–H groups in total. The van der Waals surface area contributed by atoms with Gasteiger partial charge in [0.05, 0.1) is 5.69 Å². The van der Waals surface area contributed by atoms with Gasteiger partial charge in [-0.1, -0.05) is 18.5 Å². The number of nitrogens with two attached hydrogens (primary N) is 1. The van der Waals surface area contributed by atoms with Crippen LogP contribution in [0.3, 0.4) is 0 Å². The van der Waals surface area contributed by atoms with Crippen molar-refractivity contribution in [2.75, 3.05) is 18.5 Å². The normalized spacial score (nSPS) is 12.3. The van der Waals surface area contributed by atoms with Crippen LogP contribution in [0.2, 0.25) is 5.02 Å². The van der Waals surface area contributed by atoms with Gasteiger partial charge in [0.1, 0.15) is 5.82 Å². The van der Waals surface area contributed by atoms with Crippen LogP contribution in [0.25, 0.3) is 0 Å². The molecule has 0 saturated heterocycles. The number of benzene rings is 1. The van der Waals surface area contributed by atoms with Crippen LogP contribution < -0.4 is 10.6 Å². The Balaban J connectivity index is 2.84. The van der Waals surface area contributed by atoms with Crippen molar-refractivity contribution in [1.29, 1.82) is 0 Å².